The van der Waals surface area contributed by atoms with Crippen LogP contribution in [0.1, 0.15) is 16.8 Å². The monoisotopic (exact) mass is 504 g/mol. The fourth-order valence-electron chi connectivity index (χ4n) is 3.24. The second-order valence-electron chi connectivity index (χ2n) is 7.30. The summed E-state index contributed by atoms with van der Waals surface area (Å²) in [5, 5.41) is 10.0. The van der Waals surface area contributed by atoms with Crippen molar-refractivity contribution in [3.8, 4) is 11.5 Å². The Bertz CT molecular complexity index is 1380. The van der Waals surface area contributed by atoms with Gasteiger partial charge in [-0.25, -0.2) is 18.2 Å². The van der Waals surface area contributed by atoms with Crippen molar-refractivity contribution in [1.29, 1.82) is 0 Å². The number of carbonyl (C=O) groups is 2. The molecule has 2 amide bonds. The van der Waals surface area contributed by atoms with E-state index < -0.39 is 35.0 Å². The minimum atomic E-state index is -3.00. The highest BCUT2D eigenvalue weighted by atomic mass is 35.5. The number of amides is 2. The standard InChI is InChI=1S/C22H16ClF3N6O3/c1-27-19(33)14-10-28-7-5-17(14)35-11-2-3-15-16(8-11)31-32-21(29-15)30-20(34)13-9-22(23,26)6-4-12(13)18(24)25/h2-8,10,18H,9H2,1H3,(H,27,33)(H,29,30,32,34). The van der Waals surface area contributed by atoms with Gasteiger partial charge in [-0.2, -0.15) is 0 Å². The normalized spacial score (nSPS) is 17.5. The lowest BCUT2D eigenvalue weighted by Gasteiger charge is -2.22. The number of hydrogen-bond acceptors (Lipinski definition) is 7. The molecule has 4 rings (SSSR count). The van der Waals surface area contributed by atoms with Crippen molar-refractivity contribution in [1.82, 2.24) is 25.5 Å². The topological polar surface area (TPSA) is 119 Å². The van der Waals surface area contributed by atoms with Gasteiger partial charge in [-0.1, -0.05) is 17.7 Å². The zero-order valence-corrected chi connectivity index (χ0v) is 18.7. The van der Waals surface area contributed by atoms with Gasteiger partial charge in [0.05, 0.1) is 5.52 Å². The molecule has 0 saturated heterocycles. The zero-order chi connectivity index (χ0) is 25.2. The van der Waals surface area contributed by atoms with Gasteiger partial charge in [-0.15, -0.1) is 10.2 Å². The number of pyridine rings is 1. The maximum absolute atomic E-state index is 14.1. The second kappa shape index (κ2) is 9.66. The van der Waals surface area contributed by atoms with Crippen LogP contribution in [0.2, 0.25) is 0 Å². The highest BCUT2D eigenvalue weighted by Crippen LogP contribution is 2.36. The third-order valence-electron chi connectivity index (χ3n) is 4.91. The number of hydrogen-bond donors (Lipinski definition) is 2. The number of nitrogens with zero attached hydrogens (tertiary/aromatic N) is 4. The molecule has 1 unspecified atom stereocenters. The largest absolute Gasteiger partial charge is 0.456 e. The van der Waals surface area contributed by atoms with Crippen LogP contribution in [0.25, 0.3) is 11.0 Å². The Morgan fingerprint density at radius 1 is 1.17 bits per heavy atom. The molecule has 2 heterocycles. The molecule has 0 bridgehead atoms. The summed E-state index contributed by atoms with van der Waals surface area (Å²) in [4.78, 5) is 32.6. The van der Waals surface area contributed by atoms with Gasteiger partial charge in [0.1, 0.15) is 22.6 Å². The molecule has 0 fully saturated rings. The van der Waals surface area contributed by atoms with Crippen LogP contribution in [0.5, 0.6) is 11.5 Å². The molecule has 1 aliphatic rings. The van der Waals surface area contributed by atoms with Crippen molar-refractivity contribution < 1.29 is 27.5 Å². The van der Waals surface area contributed by atoms with Crippen LogP contribution < -0.4 is 15.4 Å². The number of anilines is 1. The minimum Gasteiger partial charge on any atom is -0.456 e. The lowest BCUT2D eigenvalue weighted by molar-refractivity contribution is -0.113. The van der Waals surface area contributed by atoms with E-state index in [9.17, 15) is 22.8 Å². The van der Waals surface area contributed by atoms with Crippen molar-refractivity contribution in [2.75, 3.05) is 12.4 Å². The minimum absolute atomic E-state index is 0.224. The fourth-order valence-corrected chi connectivity index (χ4v) is 3.43. The predicted molar refractivity (Wildman–Crippen MR) is 120 cm³/mol. The number of nitrogens with one attached hydrogen (secondary N) is 2. The molecular weight excluding hydrogens is 489 g/mol. The molecule has 3 aromatic rings. The highest BCUT2D eigenvalue weighted by Gasteiger charge is 2.35. The molecule has 0 saturated carbocycles. The SMILES string of the molecule is CNC(=O)c1cnccc1Oc1ccc2nc(NC(=O)C3=C(C(F)F)C=CC(F)(Cl)C3)nnc2c1. The van der Waals surface area contributed by atoms with E-state index in [2.05, 4.69) is 30.8 Å². The number of fused-ring (bicyclic) bond motifs is 1. The first-order valence-corrected chi connectivity index (χ1v) is 10.4. The maximum atomic E-state index is 14.1. The molecule has 0 spiro atoms. The van der Waals surface area contributed by atoms with E-state index >= 15 is 0 Å². The van der Waals surface area contributed by atoms with E-state index in [1.54, 1.807) is 6.07 Å². The Labute approximate surface area is 201 Å². The first kappa shape index (κ1) is 24.1. The summed E-state index contributed by atoms with van der Waals surface area (Å²) in [5.41, 5.74) is -0.349. The number of rotatable bonds is 6. The number of ether oxygens (including phenoxy) is 1. The number of aromatic nitrogens is 4. The van der Waals surface area contributed by atoms with Crippen LogP contribution in [0.3, 0.4) is 0 Å². The Balaban J connectivity index is 1.56. The van der Waals surface area contributed by atoms with Crippen molar-refractivity contribution >= 4 is 40.4 Å². The number of benzene rings is 1. The van der Waals surface area contributed by atoms with Gasteiger partial charge in [-0.05, 0) is 24.3 Å². The molecule has 9 nitrogen and oxygen atoms in total. The quantitative estimate of drug-likeness (QED) is 0.488. The summed E-state index contributed by atoms with van der Waals surface area (Å²) < 4.78 is 46.4. The summed E-state index contributed by atoms with van der Waals surface area (Å²) in [6.45, 7) is 0. The van der Waals surface area contributed by atoms with Crippen LogP contribution in [0, 0.1) is 0 Å². The van der Waals surface area contributed by atoms with Gasteiger partial charge < -0.3 is 10.1 Å². The number of allylic oxidation sites excluding steroid dienone is 3. The fraction of sp³-hybridized carbons (Fsp3) is 0.182. The van der Waals surface area contributed by atoms with E-state index in [4.69, 9.17) is 16.3 Å². The highest BCUT2D eigenvalue weighted by molar-refractivity contribution is 6.25. The van der Waals surface area contributed by atoms with Crippen molar-refractivity contribution in [3.63, 3.8) is 0 Å². The molecule has 1 aliphatic carbocycles. The smallest absolute Gasteiger partial charge is 0.264 e. The van der Waals surface area contributed by atoms with Gasteiger partial charge in [0.25, 0.3) is 18.2 Å². The summed E-state index contributed by atoms with van der Waals surface area (Å²) in [6, 6.07) is 6.09. The maximum Gasteiger partial charge on any atom is 0.264 e. The molecule has 35 heavy (non-hydrogen) atoms. The molecule has 2 N–H and O–H groups in total. The Hall–Kier alpha value is -4.06. The Kier molecular flexibility index (Phi) is 6.65. The van der Waals surface area contributed by atoms with Crippen LogP contribution in [0.4, 0.5) is 19.1 Å². The number of halogens is 4. The molecule has 2 aromatic heterocycles. The van der Waals surface area contributed by atoms with Crippen LogP contribution in [-0.2, 0) is 4.79 Å². The lowest BCUT2D eigenvalue weighted by Crippen LogP contribution is -2.27. The van der Waals surface area contributed by atoms with Gasteiger partial charge in [0.15, 0.2) is 0 Å². The summed E-state index contributed by atoms with van der Waals surface area (Å²) in [5.74, 6) is -1.09. The van der Waals surface area contributed by atoms with Crippen LogP contribution in [0.15, 0.2) is 60.0 Å². The summed E-state index contributed by atoms with van der Waals surface area (Å²) in [6.07, 6.45) is 0.635. The van der Waals surface area contributed by atoms with E-state index in [-0.39, 0.29) is 28.7 Å². The molecule has 13 heteroatoms. The first-order chi connectivity index (χ1) is 16.7. The zero-order valence-electron chi connectivity index (χ0n) is 17.9. The Morgan fingerprint density at radius 3 is 2.71 bits per heavy atom. The average Bonchev–Trinajstić information content (AvgIpc) is 2.83. The summed E-state index contributed by atoms with van der Waals surface area (Å²) in [7, 11) is 1.48. The van der Waals surface area contributed by atoms with Gasteiger partial charge in [0, 0.05) is 43.1 Å². The van der Waals surface area contributed by atoms with Gasteiger partial charge >= 0.3 is 0 Å². The van der Waals surface area contributed by atoms with Crippen molar-refractivity contribution in [2.45, 2.75) is 18.0 Å². The van der Waals surface area contributed by atoms with Crippen molar-refractivity contribution in [2.24, 2.45) is 0 Å². The van der Waals surface area contributed by atoms with Gasteiger partial charge in [-0.3, -0.25) is 19.9 Å². The second-order valence-corrected chi connectivity index (χ2v) is 7.93. The molecule has 180 valence electrons. The van der Waals surface area contributed by atoms with E-state index in [0.29, 0.717) is 11.3 Å². The third-order valence-corrected chi connectivity index (χ3v) is 5.17. The summed E-state index contributed by atoms with van der Waals surface area (Å²) >= 11 is 5.58. The number of carbonyl (C=O) groups excluding carboxylic acids is 2. The average molecular weight is 505 g/mol. The van der Waals surface area contributed by atoms with Crippen LogP contribution >= 0.6 is 11.6 Å². The predicted octanol–water partition coefficient (Wildman–Crippen LogP) is 3.94. The molecule has 1 aromatic carbocycles. The Morgan fingerprint density at radius 2 is 1.97 bits per heavy atom. The van der Waals surface area contributed by atoms with E-state index in [0.717, 1.165) is 12.2 Å². The number of alkyl halides is 4. The van der Waals surface area contributed by atoms with Gasteiger partial charge in [0.2, 0.25) is 11.1 Å². The lowest BCUT2D eigenvalue weighted by atomic mass is 9.95. The molecule has 1 atom stereocenters. The molecule has 0 aliphatic heterocycles. The van der Waals surface area contributed by atoms with E-state index in [1.165, 1.54) is 37.6 Å². The third kappa shape index (κ3) is 5.38. The molecule has 0 radical (unpaired) electrons. The first-order valence-electron chi connectivity index (χ1n) is 10.0. The molecular formula is C22H16ClF3N6O3. The van der Waals surface area contributed by atoms with Crippen molar-refractivity contribution in [3.05, 3.63) is 65.5 Å². The van der Waals surface area contributed by atoms with Crippen LogP contribution in [-0.4, -0.2) is 50.6 Å². The van der Waals surface area contributed by atoms with E-state index in [1.807, 2.05) is 0 Å².